The van der Waals surface area contributed by atoms with Crippen LogP contribution in [0, 0.1) is 23.3 Å². The second-order valence-corrected chi connectivity index (χ2v) is 16.7. The van der Waals surface area contributed by atoms with Gasteiger partial charge >= 0.3 is 0 Å². The fourth-order valence-electron chi connectivity index (χ4n) is 6.65. The molecule has 2 aromatic heterocycles. The van der Waals surface area contributed by atoms with E-state index in [9.17, 15) is 22.4 Å². The monoisotopic (exact) mass is 890 g/mol. The van der Waals surface area contributed by atoms with Crippen LogP contribution in [-0.4, -0.2) is 21.5 Å². The number of carbonyl (C=O) groups excluding carboxylic acids is 1. The second-order valence-electron chi connectivity index (χ2n) is 13.7. The fraction of sp³-hybridized carbons (Fsp3) is 0.125. The molecule has 0 bridgehead atoms. The summed E-state index contributed by atoms with van der Waals surface area (Å²) >= 11 is 11.4. The molecule has 0 radical (unpaired) electrons. The quantitative estimate of drug-likeness (QED) is 0.0246. The molecule has 0 spiro atoms. The third-order valence-electron chi connectivity index (χ3n) is 9.61. The van der Waals surface area contributed by atoms with Gasteiger partial charge in [0, 0.05) is 29.4 Å². The molecule has 2 atom stereocenters. The van der Waals surface area contributed by atoms with Gasteiger partial charge in [0.05, 0.1) is 23.2 Å². The van der Waals surface area contributed by atoms with Crippen LogP contribution in [0.1, 0.15) is 64.8 Å². The molecule has 5 aromatic carbocycles. The van der Waals surface area contributed by atoms with Crippen molar-refractivity contribution in [2.45, 2.75) is 37.8 Å². The largest absolute Gasteiger partial charge is 0.294 e. The van der Waals surface area contributed by atoms with Gasteiger partial charge < -0.3 is 0 Å². The SMILES string of the molecule is Fc1cccc(F)c1C1=NC(c2ccc(Cl)nc2)CC1.[N-]=[N+]=NC(CCC(=O)c1c(F)cccc1F)c1ccc(Cl)nc1.c1ccc(P(c2ccccc2)c2ccccc2)cc1. The molecule has 0 N–H and O–H groups in total. The van der Waals surface area contributed by atoms with E-state index in [1.54, 1.807) is 18.3 Å². The number of Topliss-reactive ketones (excluding diaryl/α,β-unsaturated/α-hetero) is 1. The summed E-state index contributed by atoms with van der Waals surface area (Å²) in [6.07, 6.45) is 4.26. The van der Waals surface area contributed by atoms with Crippen molar-refractivity contribution in [1.82, 2.24) is 9.97 Å². The molecule has 0 aliphatic carbocycles. The van der Waals surface area contributed by atoms with Crippen molar-refractivity contribution in [3.8, 4) is 0 Å². The zero-order valence-corrected chi connectivity index (χ0v) is 35.3. The van der Waals surface area contributed by atoms with Crippen LogP contribution in [0.4, 0.5) is 17.6 Å². The average Bonchev–Trinajstić information content (AvgIpc) is 3.77. The number of azide groups is 1. The van der Waals surface area contributed by atoms with Crippen molar-refractivity contribution in [2.24, 2.45) is 10.1 Å². The summed E-state index contributed by atoms with van der Waals surface area (Å²) in [5, 5.41) is 8.48. The summed E-state index contributed by atoms with van der Waals surface area (Å²) < 4.78 is 54.6. The van der Waals surface area contributed by atoms with E-state index in [4.69, 9.17) is 28.7 Å². The van der Waals surface area contributed by atoms with Gasteiger partial charge in [-0.05, 0) is 96.2 Å². The molecule has 8 rings (SSSR count). The predicted molar refractivity (Wildman–Crippen MR) is 240 cm³/mol. The van der Waals surface area contributed by atoms with E-state index < -0.39 is 48.6 Å². The van der Waals surface area contributed by atoms with E-state index in [2.05, 4.69) is 116 Å². The molecular formula is C48H37Cl2F4N6OP. The van der Waals surface area contributed by atoms with Crippen molar-refractivity contribution in [2.75, 3.05) is 0 Å². The highest BCUT2D eigenvalue weighted by Crippen LogP contribution is 2.34. The number of carbonyl (C=O) groups is 1. The molecule has 3 heterocycles. The van der Waals surface area contributed by atoms with Gasteiger partial charge in [-0.1, -0.05) is 144 Å². The van der Waals surface area contributed by atoms with Gasteiger partial charge in [0.15, 0.2) is 5.78 Å². The molecule has 7 aromatic rings. The molecule has 7 nitrogen and oxygen atoms in total. The van der Waals surface area contributed by atoms with Crippen LogP contribution >= 0.6 is 31.1 Å². The third kappa shape index (κ3) is 12.2. The molecular weight excluding hydrogens is 854 g/mol. The first-order valence-electron chi connectivity index (χ1n) is 19.3. The first kappa shape index (κ1) is 45.3. The number of ketones is 1. The number of nitrogens with zero attached hydrogens (tertiary/aromatic N) is 6. The number of aliphatic imine (C=N–C) groups is 1. The number of aromatic nitrogens is 2. The Morgan fingerprint density at radius 3 is 1.65 bits per heavy atom. The highest BCUT2D eigenvalue weighted by Gasteiger charge is 2.25. The molecule has 312 valence electrons. The van der Waals surface area contributed by atoms with Gasteiger partial charge in [-0.25, -0.2) is 27.5 Å². The smallest absolute Gasteiger partial charge is 0.168 e. The standard InChI is InChI=1S/C18H15P.C15H11ClF2N4O.C15H11ClF2N2/c1-4-10-16(11-5-1)19(17-12-6-2-7-13-17)18-14-8-3-9-15-18;16-14-7-4-9(8-20-14)12(21-22-19)5-6-13(23)15-10(17)2-1-3-11(15)18;16-14-7-4-9(8-19-14)12-5-6-13(20-12)15-10(17)2-1-3-11(15)18/h1-15H;1-4,7-8,12H,5-6H2;1-4,7-8,12H,5-6H2. The van der Waals surface area contributed by atoms with Crippen molar-refractivity contribution < 1.29 is 22.4 Å². The lowest BCUT2D eigenvalue weighted by Crippen LogP contribution is -2.20. The van der Waals surface area contributed by atoms with Crippen LogP contribution in [-0.2, 0) is 0 Å². The minimum Gasteiger partial charge on any atom is -0.294 e. The summed E-state index contributed by atoms with van der Waals surface area (Å²) in [5.74, 6) is -3.66. The van der Waals surface area contributed by atoms with Gasteiger partial charge in [0.1, 0.15) is 33.6 Å². The Balaban J connectivity index is 0.000000156. The summed E-state index contributed by atoms with van der Waals surface area (Å²) in [7, 11) is -0.446. The van der Waals surface area contributed by atoms with Gasteiger partial charge in [0.25, 0.3) is 0 Å². The first-order chi connectivity index (χ1) is 30.1. The van der Waals surface area contributed by atoms with Crippen molar-refractivity contribution in [3.05, 3.63) is 230 Å². The normalized spacial score (nSPS) is 13.4. The summed E-state index contributed by atoms with van der Waals surface area (Å²) in [4.78, 5) is 27.1. The topological polar surface area (TPSA) is 104 Å². The maximum absolute atomic E-state index is 13.7. The van der Waals surface area contributed by atoms with Crippen molar-refractivity contribution in [1.29, 1.82) is 0 Å². The lowest BCUT2D eigenvalue weighted by Gasteiger charge is -2.18. The van der Waals surface area contributed by atoms with E-state index in [0.29, 0.717) is 29.3 Å². The maximum atomic E-state index is 13.7. The van der Waals surface area contributed by atoms with Gasteiger partial charge in [0.2, 0.25) is 0 Å². The number of hydrogen-bond acceptors (Lipinski definition) is 5. The second kappa shape index (κ2) is 22.6. The Morgan fingerprint density at radius 1 is 0.677 bits per heavy atom. The molecule has 0 fully saturated rings. The lowest BCUT2D eigenvalue weighted by atomic mass is 9.99. The Kier molecular flexibility index (Phi) is 16.5. The Hall–Kier alpha value is -6.22. The molecule has 0 saturated heterocycles. The molecule has 0 saturated carbocycles. The Morgan fingerprint density at radius 2 is 1.18 bits per heavy atom. The highest BCUT2D eigenvalue weighted by molar-refractivity contribution is 7.79. The summed E-state index contributed by atoms with van der Waals surface area (Å²) in [6.45, 7) is 0. The maximum Gasteiger partial charge on any atom is 0.168 e. The summed E-state index contributed by atoms with van der Waals surface area (Å²) in [6, 6.07) is 45.3. The number of halogens is 6. The zero-order chi connectivity index (χ0) is 43.8. The predicted octanol–water partition coefficient (Wildman–Crippen LogP) is 12.8. The van der Waals surface area contributed by atoms with Crippen molar-refractivity contribution >= 4 is 58.5 Å². The third-order valence-corrected chi connectivity index (χ3v) is 12.5. The summed E-state index contributed by atoms with van der Waals surface area (Å²) in [5.41, 5.74) is 9.97. The van der Waals surface area contributed by atoms with E-state index in [1.807, 2.05) is 6.07 Å². The van der Waals surface area contributed by atoms with Gasteiger partial charge in [-0.3, -0.25) is 9.79 Å². The minimum absolute atomic E-state index is 0.0167. The van der Waals surface area contributed by atoms with Crippen LogP contribution in [0.2, 0.25) is 10.3 Å². The average molecular weight is 892 g/mol. The van der Waals surface area contributed by atoms with Crippen LogP contribution in [0.15, 0.2) is 174 Å². The molecule has 14 heteroatoms. The van der Waals surface area contributed by atoms with Crippen LogP contribution in [0.25, 0.3) is 10.4 Å². The van der Waals surface area contributed by atoms with E-state index >= 15 is 0 Å². The van der Waals surface area contributed by atoms with Gasteiger partial charge in [-0.2, -0.15) is 0 Å². The lowest BCUT2D eigenvalue weighted by molar-refractivity contribution is 0.0969. The molecule has 62 heavy (non-hydrogen) atoms. The number of benzene rings is 5. The first-order valence-corrected chi connectivity index (χ1v) is 21.4. The van der Waals surface area contributed by atoms with E-state index in [-0.39, 0.29) is 29.6 Å². The fourth-order valence-corrected chi connectivity index (χ4v) is 9.18. The Bertz CT molecular complexity index is 2510. The number of hydrogen-bond donors (Lipinski definition) is 0. The van der Waals surface area contributed by atoms with Crippen molar-refractivity contribution in [3.63, 3.8) is 0 Å². The highest BCUT2D eigenvalue weighted by atomic mass is 35.5. The minimum atomic E-state index is -0.913. The molecule has 2 unspecified atom stereocenters. The molecule has 1 aliphatic rings. The molecule has 0 amide bonds. The van der Waals surface area contributed by atoms with Crippen LogP contribution in [0.3, 0.4) is 0 Å². The van der Waals surface area contributed by atoms with E-state index in [0.717, 1.165) is 17.7 Å². The van der Waals surface area contributed by atoms with Crippen LogP contribution < -0.4 is 15.9 Å². The van der Waals surface area contributed by atoms with Crippen LogP contribution in [0.5, 0.6) is 0 Å². The van der Waals surface area contributed by atoms with E-state index in [1.165, 1.54) is 52.4 Å². The number of rotatable bonds is 11. The zero-order valence-electron chi connectivity index (χ0n) is 32.9. The Labute approximate surface area is 367 Å². The van der Waals surface area contributed by atoms with Gasteiger partial charge in [-0.15, -0.1) is 0 Å². The molecule has 1 aliphatic heterocycles. The number of pyridine rings is 2.